The van der Waals surface area contributed by atoms with Crippen molar-refractivity contribution in [2.75, 3.05) is 0 Å². The summed E-state index contributed by atoms with van der Waals surface area (Å²) >= 11 is 12.8. The van der Waals surface area contributed by atoms with E-state index in [1.54, 1.807) is 0 Å². The van der Waals surface area contributed by atoms with Gasteiger partial charge in [-0.05, 0) is 110 Å². The Labute approximate surface area is 210 Å². The second kappa shape index (κ2) is 12.9. The first-order valence-electron chi connectivity index (χ1n) is 9.47. The number of rotatable bonds is 10. The van der Waals surface area contributed by atoms with Crippen molar-refractivity contribution in [3.8, 4) is 0 Å². The fraction of sp³-hybridized carbons (Fsp3) is 0.348. The third-order valence-electron chi connectivity index (χ3n) is 4.50. The molecule has 0 fully saturated rings. The number of halogens is 3. The van der Waals surface area contributed by atoms with Gasteiger partial charge in [0.2, 0.25) is 0 Å². The lowest BCUT2D eigenvalue weighted by atomic mass is 10.0. The molecule has 0 unspecified atom stereocenters. The summed E-state index contributed by atoms with van der Waals surface area (Å²) in [5.41, 5.74) is 3.80. The summed E-state index contributed by atoms with van der Waals surface area (Å²) in [6, 6.07) is 13.2. The van der Waals surface area contributed by atoms with Gasteiger partial charge >= 0.3 is 0 Å². The van der Waals surface area contributed by atoms with Crippen LogP contribution in [0.25, 0.3) is 6.08 Å². The van der Waals surface area contributed by atoms with Crippen molar-refractivity contribution in [3.63, 3.8) is 0 Å². The van der Waals surface area contributed by atoms with E-state index in [2.05, 4.69) is 123 Å². The Kier molecular flexibility index (Phi) is 11.3. The molecule has 0 bridgehead atoms. The molecule has 0 aliphatic carbocycles. The van der Waals surface area contributed by atoms with Crippen LogP contribution in [0.15, 0.2) is 42.5 Å². The van der Waals surface area contributed by atoms with E-state index >= 15 is 0 Å². The molecule has 0 nitrogen and oxygen atoms in total. The maximum Gasteiger partial charge on any atom is 0.0449 e. The second-order valence-corrected chi connectivity index (χ2v) is 10.7. The molecule has 144 valence electrons. The topological polar surface area (TPSA) is 0 Å². The van der Waals surface area contributed by atoms with Crippen molar-refractivity contribution in [3.05, 3.63) is 69.9 Å². The van der Waals surface area contributed by atoms with E-state index in [9.17, 15) is 0 Å². The van der Waals surface area contributed by atoms with Gasteiger partial charge in [-0.1, -0.05) is 81.6 Å². The largest absolute Gasteiger partial charge is 0.0795 e. The summed E-state index contributed by atoms with van der Waals surface area (Å²) in [5.74, 6) is 0. The summed E-state index contributed by atoms with van der Waals surface area (Å²) < 4.78 is 3.79. The Morgan fingerprint density at radius 3 is 2.11 bits per heavy atom. The molecular weight excluding hydrogens is 689 g/mol. The Morgan fingerprint density at radius 2 is 1.48 bits per heavy atom. The van der Waals surface area contributed by atoms with E-state index in [0.29, 0.717) is 0 Å². The first-order valence-corrected chi connectivity index (χ1v) is 13.1. The first kappa shape index (κ1) is 23.7. The molecule has 0 heterocycles. The van der Waals surface area contributed by atoms with Crippen molar-refractivity contribution in [1.29, 1.82) is 0 Å². The molecule has 0 radical (unpaired) electrons. The third kappa shape index (κ3) is 8.38. The van der Waals surface area contributed by atoms with Gasteiger partial charge in [0, 0.05) is 21.1 Å². The SMILES string of the molecule is CCCCCCCCc1ccc(C(=S)C=Cc2c(I)cc(I)cc2I)cc1. The molecule has 0 spiro atoms. The minimum Gasteiger partial charge on any atom is -0.0795 e. The van der Waals surface area contributed by atoms with Crippen LogP contribution in [0.3, 0.4) is 0 Å². The molecule has 0 atom stereocenters. The van der Waals surface area contributed by atoms with Crippen LogP contribution in [-0.4, -0.2) is 4.86 Å². The smallest absolute Gasteiger partial charge is 0.0449 e. The standard InChI is InChI=1S/C23H25I3S/c1-2-3-4-5-6-7-8-17-9-11-18(12-10-17)23(27)14-13-20-21(25)15-19(24)16-22(20)26/h9-16H,2-8H2,1H3. The Balaban J connectivity index is 1.90. The van der Waals surface area contributed by atoms with Crippen LogP contribution in [0.2, 0.25) is 0 Å². The number of aryl methyl sites for hydroxylation is 1. The molecule has 0 aromatic heterocycles. The molecule has 0 saturated carbocycles. The maximum absolute atomic E-state index is 5.63. The minimum atomic E-state index is 0.895. The quantitative estimate of drug-likeness (QED) is 0.0780. The lowest BCUT2D eigenvalue weighted by Gasteiger charge is -2.06. The summed E-state index contributed by atoms with van der Waals surface area (Å²) in [7, 11) is 0. The number of benzene rings is 2. The lowest BCUT2D eigenvalue weighted by molar-refractivity contribution is 0.607. The molecule has 27 heavy (non-hydrogen) atoms. The first-order chi connectivity index (χ1) is 13.0. The van der Waals surface area contributed by atoms with Gasteiger partial charge in [-0.2, -0.15) is 0 Å². The van der Waals surface area contributed by atoms with Crippen molar-refractivity contribution in [1.82, 2.24) is 0 Å². The molecule has 0 aliphatic heterocycles. The summed E-state index contributed by atoms with van der Waals surface area (Å²) in [5, 5.41) is 0. The van der Waals surface area contributed by atoms with E-state index in [4.69, 9.17) is 12.2 Å². The maximum atomic E-state index is 5.63. The van der Waals surface area contributed by atoms with Crippen LogP contribution < -0.4 is 0 Å². The van der Waals surface area contributed by atoms with Gasteiger partial charge in [0.1, 0.15) is 0 Å². The summed E-state index contributed by atoms with van der Waals surface area (Å²) in [6.07, 6.45) is 13.5. The molecular formula is C23H25I3S. The van der Waals surface area contributed by atoms with Crippen molar-refractivity contribution in [2.45, 2.75) is 51.9 Å². The van der Waals surface area contributed by atoms with Crippen LogP contribution in [0.4, 0.5) is 0 Å². The third-order valence-corrected chi connectivity index (χ3v) is 7.28. The molecule has 2 aromatic rings. The van der Waals surface area contributed by atoms with Crippen LogP contribution in [0.5, 0.6) is 0 Å². The van der Waals surface area contributed by atoms with E-state index < -0.39 is 0 Å². The van der Waals surface area contributed by atoms with Crippen molar-refractivity contribution >= 4 is 90.9 Å². The summed E-state index contributed by atoms with van der Waals surface area (Å²) in [4.78, 5) is 0.895. The van der Waals surface area contributed by atoms with E-state index in [0.717, 1.165) is 10.4 Å². The van der Waals surface area contributed by atoms with Crippen LogP contribution >= 0.6 is 80.0 Å². The fourth-order valence-corrected chi connectivity index (χ4v) is 7.06. The molecule has 0 aliphatic rings. The van der Waals surface area contributed by atoms with Crippen molar-refractivity contribution < 1.29 is 0 Å². The van der Waals surface area contributed by atoms with E-state index in [1.807, 2.05) is 0 Å². The van der Waals surface area contributed by atoms with Gasteiger partial charge < -0.3 is 0 Å². The Morgan fingerprint density at radius 1 is 0.889 bits per heavy atom. The number of hydrogen-bond acceptors (Lipinski definition) is 1. The summed E-state index contributed by atoms with van der Waals surface area (Å²) in [6.45, 7) is 2.27. The average Bonchev–Trinajstić information content (AvgIpc) is 2.64. The highest BCUT2D eigenvalue weighted by Gasteiger charge is 2.05. The van der Waals surface area contributed by atoms with Crippen LogP contribution in [0, 0.1) is 10.7 Å². The van der Waals surface area contributed by atoms with Crippen LogP contribution in [0.1, 0.15) is 62.1 Å². The predicted octanol–water partition coefficient (Wildman–Crippen LogP) is 8.83. The van der Waals surface area contributed by atoms with Gasteiger partial charge in [0.25, 0.3) is 0 Å². The normalized spacial score (nSPS) is 11.3. The number of thiocarbonyl (C=S) groups is 1. The highest BCUT2D eigenvalue weighted by Crippen LogP contribution is 2.24. The fourth-order valence-electron chi connectivity index (χ4n) is 2.91. The zero-order valence-corrected chi connectivity index (χ0v) is 22.9. The van der Waals surface area contributed by atoms with Gasteiger partial charge in [-0.3, -0.25) is 0 Å². The highest BCUT2D eigenvalue weighted by molar-refractivity contribution is 14.1. The highest BCUT2D eigenvalue weighted by atomic mass is 127. The average molecular weight is 714 g/mol. The monoisotopic (exact) mass is 714 g/mol. The Hall–Kier alpha value is 0.460. The number of unbranched alkanes of at least 4 members (excludes halogenated alkanes) is 5. The van der Waals surface area contributed by atoms with Gasteiger partial charge in [0.15, 0.2) is 0 Å². The molecule has 2 aromatic carbocycles. The zero-order chi connectivity index (χ0) is 19.6. The van der Waals surface area contributed by atoms with Crippen LogP contribution in [-0.2, 0) is 6.42 Å². The minimum absolute atomic E-state index is 0.895. The van der Waals surface area contributed by atoms with Crippen molar-refractivity contribution in [2.24, 2.45) is 0 Å². The van der Waals surface area contributed by atoms with Gasteiger partial charge in [-0.25, -0.2) is 0 Å². The van der Waals surface area contributed by atoms with Gasteiger partial charge in [0.05, 0.1) is 0 Å². The molecule has 0 N–H and O–H groups in total. The van der Waals surface area contributed by atoms with E-state index in [1.165, 1.54) is 66.8 Å². The molecule has 2 rings (SSSR count). The number of hydrogen-bond donors (Lipinski definition) is 0. The zero-order valence-electron chi connectivity index (χ0n) is 15.6. The second-order valence-electron chi connectivity index (χ2n) is 6.70. The van der Waals surface area contributed by atoms with Gasteiger partial charge in [-0.15, -0.1) is 0 Å². The lowest BCUT2D eigenvalue weighted by Crippen LogP contribution is -1.95. The predicted molar refractivity (Wildman–Crippen MR) is 149 cm³/mol. The molecule has 4 heteroatoms. The number of allylic oxidation sites excluding steroid dienone is 1. The van der Waals surface area contributed by atoms with E-state index in [-0.39, 0.29) is 0 Å². The Bertz CT molecular complexity index is 756. The molecule has 0 amide bonds. The molecule has 0 saturated heterocycles.